The van der Waals surface area contributed by atoms with E-state index in [4.69, 9.17) is 17.3 Å². The van der Waals surface area contributed by atoms with Crippen molar-refractivity contribution >= 4 is 17.5 Å². The number of nitrogens with two attached hydrogens (primary N) is 1. The molecule has 1 heterocycles. The number of nitrogens with zero attached hydrogens (tertiary/aromatic N) is 1. The third-order valence-electron chi connectivity index (χ3n) is 1.93. The van der Waals surface area contributed by atoms with E-state index in [9.17, 15) is 19.4 Å². The zero-order valence-electron chi connectivity index (χ0n) is 8.10. The molecule has 0 radical (unpaired) electrons. The van der Waals surface area contributed by atoms with Gasteiger partial charge in [0.2, 0.25) is 11.9 Å². The molecule has 2 atom stereocenters. The van der Waals surface area contributed by atoms with Gasteiger partial charge < -0.3 is 15.9 Å². The third kappa shape index (κ3) is 3.13. The summed E-state index contributed by atoms with van der Waals surface area (Å²) in [5, 5.41) is 18.7. The molecule has 0 saturated carbocycles. The van der Waals surface area contributed by atoms with E-state index in [0.717, 1.165) is 12.3 Å². The first-order valence-corrected chi connectivity index (χ1v) is 4.75. The van der Waals surface area contributed by atoms with E-state index in [1.54, 1.807) is 0 Å². The molecule has 0 aromatic carbocycles. The maximum atomic E-state index is 12.7. The lowest BCUT2D eigenvalue weighted by atomic mass is 10.0. The summed E-state index contributed by atoms with van der Waals surface area (Å²) in [6.07, 6.45) is -2.15. The van der Waals surface area contributed by atoms with Gasteiger partial charge in [-0.2, -0.15) is 4.39 Å². The summed E-state index contributed by atoms with van der Waals surface area (Å²) < 4.78 is 12.7. The molecular weight excluding hydrogens is 239 g/mol. The molecule has 16 heavy (non-hydrogen) atoms. The van der Waals surface area contributed by atoms with Crippen LogP contribution in [0.1, 0.15) is 18.1 Å². The predicted molar refractivity (Wildman–Crippen MR) is 54.0 cm³/mol. The summed E-state index contributed by atoms with van der Waals surface area (Å²) in [5.74, 6) is -1.63. The Bertz CT molecular complexity index is 402. The van der Waals surface area contributed by atoms with Gasteiger partial charge in [0.25, 0.3) is 0 Å². The topological polar surface area (TPSA) is 96.4 Å². The molecule has 0 spiro atoms. The van der Waals surface area contributed by atoms with Crippen LogP contribution in [0, 0.1) is 5.95 Å². The van der Waals surface area contributed by atoms with Crippen LogP contribution in [0.15, 0.2) is 12.3 Å². The van der Waals surface area contributed by atoms with Gasteiger partial charge in [0.1, 0.15) is 6.10 Å². The van der Waals surface area contributed by atoms with E-state index in [2.05, 4.69) is 4.98 Å². The Hall–Kier alpha value is -1.24. The number of primary amides is 1. The van der Waals surface area contributed by atoms with Crippen LogP contribution in [0.2, 0.25) is 5.02 Å². The number of aliphatic hydroxyl groups is 2. The third-order valence-corrected chi connectivity index (χ3v) is 2.20. The van der Waals surface area contributed by atoms with Crippen LogP contribution in [-0.2, 0) is 4.79 Å². The minimum atomic E-state index is -1.39. The lowest BCUT2D eigenvalue weighted by Gasteiger charge is -2.16. The van der Waals surface area contributed by atoms with Crippen molar-refractivity contribution in [3.8, 4) is 0 Å². The van der Waals surface area contributed by atoms with Crippen LogP contribution in [0.3, 0.4) is 0 Å². The highest BCUT2D eigenvalue weighted by molar-refractivity contribution is 6.30. The number of aromatic nitrogens is 1. The minimum absolute atomic E-state index is 0.111. The summed E-state index contributed by atoms with van der Waals surface area (Å²) >= 11 is 5.45. The number of hydrogen-bond donors (Lipinski definition) is 3. The monoisotopic (exact) mass is 248 g/mol. The molecule has 0 saturated heterocycles. The molecule has 0 aliphatic heterocycles. The van der Waals surface area contributed by atoms with Gasteiger partial charge in [0.05, 0.1) is 17.5 Å². The Kier molecular flexibility index (Phi) is 4.17. The second-order valence-electron chi connectivity index (χ2n) is 3.22. The lowest BCUT2D eigenvalue weighted by Crippen LogP contribution is -2.25. The van der Waals surface area contributed by atoms with Gasteiger partial charge in [0, 0.05) is 11.8 Å². The molecule has 88 valence electrons. The first kappa shape index (κ1) is 12.8. The first-order valence-electron chi connectivity index (χ1n) is 4.37. The van der Waals surface area contributed by atoms with Crippen LogP contribution in [0.25, 0.3) is 0 Å². The normalized spacial score (nSPS) is 14.5. The number of amides is 1. The van der Waals surface area contributed by atoms with Crippen molar-refractivity contribution in [1.82, 2.24) is 4.98 Å². The highest BCUT2D eigenvalue weighted by Crippen LogP contribution is 2.22. The maximum Gasteiger partial charge on any atom is 0.231 e. The number of carbonyl (C=O) groups is 1. The Morgan fingerprint density at radius 1 is 1.62 bits per heavy atom. The van der Waals surface area contributed by atoms with Gasteiger partial charge >= 0.3 is 0 Å². The molecule has 1 aromatic heterocycles. The fourth-order valence-electron chi connectivity index (χ4n) is 1.14. The zero-order chi connectivity index (χ0) is 12.3. The largest absolute Gasteiger partial charge is 0.390 e. The minimum Gasteiger partial charge on any atom is -0.390 e. The van der Waals surface area contributed by atoms with Crippen LogP contribution in [0.5, 0.6) is 0 Å². The fourth-order valence-corrected chi connectivity index (χ4v) is 1.31. The summed E-state index contributed by atoms with van der Waals surface area (Å²) in [4.78, 5) is 13.8. The van der Waals surface area contributed by atoms with Gasteiger partial charge in [-0.3, -0.25) is 4.79 Å². The van der Waals surface area contributed by atoms with Crippen LogP contribution >= 0.6 is 11.6 Å². The first-order chi connectivity index (χ1) is 7.41. The van der Waals surface area contributed by atoms with Crippen molar-refractivity contribution in [1.29, 1.82) is 0 Å². The van der Waals surface area contributed by atoms with E-state index in [1.165, 1.54) is 0 Å². The molecule has 0 fully saturated rings. The number of carbonyl (C=O) groups excluding carboxylic acids is 1. The van der Waals surface area contributed by atoms with Crippen molar-refractivity contribution in [2.75, 3.05) is 0 Å². The average Bonchev–Trinajstić information content (AvgIpc) is 2.20. The van der Waals surface area contributed by atoms with Crippen molar-refractivity contribution in [3.05, 3.63) is 28.8 Å². The maximum absolute atomic E-state index is 12.7. The summed E-state index contributed by atoms with van der Waals surface area (Å²) in [6.45, 7) is 0. The fraction of sp³-hybridized carbons (Fsp3) is 0.333. The van der Waals surface area contributed by atoms with E-state index in [0.29, 0.717) is 0 Å². The molecular formula is C9H10ClFN2O3. The number of aliphatic hydroxyl groups excluding tert-OH is 2. The number of pyridine rings is 1. The summed E-state index contributed by atoms with van der Waals surface area (Å²) in [6, 6.07) is 1.12. The zero-order valence-corrected chi connectivity index (χ0v) is 8.86. The van der Waals surface area contributed by atoms with Crippen molar-refractivity contribution in [3.63, 3.8) is 0 Å². The van der Waals surface area contributed by atoms with Gasteiger partial charge in [-0.25, -0.2) is 4.98 Å². The predicted octanol–water partition coefficient (Wildman–Crippen LogP) is 0.144. The van der Waals surface area contributed by atoms with Gasteiger partial charge in [0.15, 0.2) is 0 Å². The average molecular weight is 249 g/mol. The van der Waals surface area contributed by atoms with Crippen molar-refractivity contribution in [2.45, 2.75) is 18.6 Å². The molecule has 1 amide bonds. The molecule has 2 unspecified atom stereocenters. The van der Waals surface area contributed by atoms with E-state index in [-0.39, 0.29) is 10.6 Å². The van der Waals surface area contributed by atoms with Crippen molar-refractivity contribution in [2.24, 2.45) is 5.73 Å². The molecule has 4 N–H and O–H groups in total. The quantitative estimate of drug-likeness (QED) is 0.661. The van der Waals surface area contributed by atoms with Crippen LogP contribution < -0.4 is 5.73 Å². The standard InChI is InChI=1S/C9H10ClFN2O3/c10-5-1-4(3-13-9(5)11)8(16)6(14)2-7(12)15/h1,3,6,8,14,16H,2H2,(H2,12,15). The summed E-state index contributed by atoms with van der Waals surface area (Å²) in [7, 11) is 0. The summed E-state index contributed by atoms with van der Waals surface area (Å²) in [5.41, 5.74) is 4.96. The second kappa shape index (κ2) is 5.20. The van der Waals surface area contributed by atoms with E-state index < -0.39 is 30.5 Å². The molecule has 7 heteroatoms. The van der Waals surface area contributed by atoms with Crippen LogP contribution in [0.4, 0.5) is 4.39 Å². The molecule has 1 aromatic rings. The van der Waals surface area contributed by atoms with Crippen LogP contribution in [-0.4, -0.2) is 27.2 Å². The number of hydrogen-bond acceptors (Lipinski definition) is 4. The highest BCUT2D eigenvalue weighted by atomic mass is 35.5. The molecule has 0 aliphatic rings. The Labute approximate surface area is 95.7 Å². The molecule has 0 bridgehead atoms. The molecule has 5 nitrogen and oxygen atoms in total. The highest BCUT2D eigenvalue weighted by Gasteiger charge is 2.21. The molecule has 1 rings (SSSR count). The Balaban J connectivity index is 2.83. The van der Waals surface area contributed by atoms with Gasteiger partial charge in [-0.15, -0.1) is 0 Å². The van der Waals surface area contributed by atoms with Crippen molar-refractivity contribution < 1.29 is 19.4 Å². The van der Waals surface area contributed by atoms with E-state index >= 15 is 0 Å². The SMILES string of the molecule is NC(=O)CC(O)C(O)c1cnc(F)c(Cl)c1. The second-order valence-corrected chi connectivity index (χ2v) is 3.63. The number of halogens is 2. The van der Waals surface area contributed by atoms with E-state index in [1.807, 2.05) is 0 Å². The smallest absolute Gasteiger partial charge is 0.231 e. The Morgan fingerprint density at radius 3 is 2.75 bits per heavy atom. The number of rotatable bonds is 4. The molecule has 0 aliphatic carbocycles. The lowest BCUT2D eigenvalue weighted by molar-refractivity contribution is -0.121. The van der Waals surface area contributed by atoms with Gasteiger partial charge in [-0.1, -0.05) is 11.6 Å². The van der Waals surface area contributed by atoms with Gasteiger partial charge in [-0.05, 0) is 6.07 Å². The Morgan fingerprint density at radius 2 is 2.25 bits per heavy atom.